The van der Waals surface area contributed by atoms with E-state index in [4.69, 9.17) is 9.26 Å². The van der Waals surface area contributed by atoms with Crippen molar-refractivity contribution in [2.75, 3.05) is 13.7 Å². The Morgan fingerprint density at radius 3 is 3.00 bits per heavy atom. The molecule has 146 valence electrons. The number of amides is 2. The van der Waals surface area contributed by atoms with Gasteiger partial charge in [0.05, 0.1) is 25.0 Å². The van der Waals surface area contributed by atoms with Crippen molar-refractivity contribution in [2.24, 2.45) is 0 Å². The number of hydrogen-bond donors (Lipinski definition) is 1. The van der Waals surface area contributed by atoms with Gasteiger partial charge in [-0.1, -0.05) is 23.4 Å². The summed E-state index contributed by atoms with van der Waals surface area (Å²) >= 11 is 0. The molecule has 28 heavy (non-hydrogen) atoms. The molecule has 9 nitrogen and oxygen atoms in total. The van der Waals surface area contributed by atoms with E-state index in [1.54, 1.807) is 22.8 Å². The maximum Gasteiger partial charge on any atom is 0.317 e. The smallest absolute Gasteiger partial charge is 0.317 e. The van der Waals surface area contributed by atoms with Gasteiger partial charge in [0.2, 0.25) is 0 Å². The van der Waals surface area contributed by atoms with E-state index in [1.165, 1.54) is 0 Å². The number of carbonyl (C=O) groups excluding carboxylic acids is 1. The van der Waals surface area contributed by atoms with Gasteiger partial charge in [-0.15, -0.1) is 0 Å². The first-order chi connectivity index (χ1) is 13.7. The Hall–Kier alpha value is -3.20. The molecule has 1 aromatic carbocycles. The summed E-state index contributed by atoms with van der Waals surface area (Å²) in [5, 5.41) is 11.0. The molecule has 1 saturated heterocycles. The van der Waals surface area contributed by atoms with Gasteiger partial charge in [-0.05, 0) is 25.0 Å². The van der Waals surface area contributed by atoms with Crippen LogP contribution >= 0.6 is 0 Å². The SMILES string of the molecule is CN(Cc1cnn(-c2ccccc2)c1)C(=O)NCc1noc([C@@H]2CCCO2)n1. The number of benzene rings is 1. The number of ether oxygens (including phenoxy) is 1. The molecule has 0 spiro atoms. The number of nitrogens with one attached hydrogen (secondary N) is 1. The molecule has 0 unspecified atom stereocenters. The normalized spacial score (nSPS) is 16.2. The van der Waals surface area contributed by atoms with E-state index in [0.717, 1.165) is 24.1 Å². The molecule has 1 aliphatic rings. The fourth-order valence-corrected chi connectivity index (χ4v) is 3.04. The number of aromatic nitrogens is 4. The van der Waals surface area contributed by atoms with Gasteiger partial charge in [0.25, 0.3) is 5.89 Å². The maximum absolute atomic E-state index is 12.3. The lowest BCUT2D eigenvalue weighted by atomic mass is 10.2. The Labute approximate surface area is 162 Å². The van der Waals surface area contributed by atoms with E-state index in [0.29, 0.717) is 24.9 Å². The zero-order valence-electron chi connectivity index (χ0n) is 15.6. The van der Waals surface area contributed by atoms with Crippen LogP contribution in [0.25, 0.3) is 5.69 Å². The van der Waals surface area contributed by atoms with Crippen LogP contribution in [0.2, 0.25) is 0 Å². The third kappa shape index (κ3) is 4.20. The molecule has 1 fully saturated rings. The van der Waals surface area contributed by atoms with Gasteiger partial charge in [-0.25, -0.2) is 9.48 Å². The monoisotopic (exact) mass is 382 g/mol. The van der Waals surface area contributed by atoms with Crippen molar-refractivity contribution in [3.63, 3.8) is 0 Å². The zero-order chi connectivity index (χ0) is 19.3. The first kappa shape index (κ1) is 18.2. The van der Waals surface area contributed by atoms with E-state index >= 15 is 0 Å². The Bertz CT molecular complexity index is 917. The second kappa shape index (κ2) is 8.22. The fourth-order valence-electron chi connectivity index (χ4n) is 3.04. The van der Waals surface area contributed by atoms with Crippen LogP contribution in [0.4, 0.5) is 4.79 Å². The largest absolute Gasteiger partial charge is 0.368 e. The summed E-state index contributed by atoms with van der Waals surface area (Å²) < 4.78 is 12.5. The quantitative estimate of drug-likeness (QED) is 0.703. The number of rotatable bonds is 6. The third-order valence-electron chi connectivity index (χ3n) is 4.51. The Morgan fingerprint density at radius 2 is 2.21 bits per heavy atom. The molecule has 1 atom stereocenters. The predicted octanol–water partition coefficient (Wildman–Crippen LogP) is 2.45. The Kier molecular flexibility index (Phi) is 5.34. The molecule has 2 aromatic heterocycles. The second-order valence-corrected chi connectivity index (χ2v) is 6.69. The summed E-state index contributed by atoms with van der Waals surface area (Å²) in [6.45, 7) is 1.35. The average Bonchev–Trinajstić information content (AvgIpc) is 3.47. The van der Waals surface area contributed by atoms with Gasteiger partial charge in [0.15, 0.2) is 5.82 Å². The first-order valence-corrected chi connectivity index (χ1v) is 9.21. The van der Waals surface area contributed by atoms with Crippen LogP contribution in [-0.4, -0.2) is 44.5 Å². The van der Waals surface area contributed by atoms with Gasteiger partial charge >= 0.3 is 6.03 Å². The lowest BCUT2D eigenvalue weighted by Gasteiger charge is -2.16. The molecule has 0 bridgehead atoms. The molecule has 3 aromatic rings. The summed E-state index contributed by atoms with van der Waals surface area (Å²) in [5.74, 6) is 0.910. The van der Waals surface area contributed by atoms with Crippen molar-refractivity contribution in [2.45, 2.75) is 32.0 Å². The fraction of sp³-hybridized carbons (Fsp3) is 0.368. The topological polar surface area (TPSA) is 98.3 Å². The van der Waals surface area contributed by atoms with Crippen LogP contribution in [-0.2, 0) is 17.8 Å². The van der Waals surface area contributed by atoms with Crippen LogP contribution in [0.15, 0.2) is 47.2 Å². The minimum absolute atomic E-state index is 0.124. The highest BCUT2D eigenvalue weighted by atomic mass is 16.5. The van der Waals surface area contributed by atoms with Gasteiger partial charge in [0, 0.05) is 25.4 Å². The molecule has 0 aliphatic carbocycles. The van der Waals surface area contributed by atoms with Gasteiger partial charge in [-0.3, -0.25) is 0 Å². The summed E-state index contributed by atoms with van der Waals surface area (Å²) in [6, 6.07) is 9.60. The van der Waals surface area contributed by atoms with Gasteiger partial charge in [0.1, 0.15) is 6.10 Å². The van der Waals surface area contributed by atoms with Gasteiger partial charge in [-0.2, -0.15) is 10.1 Å². The maximum atomic E-state index is 12.3. The van der Waals surface area contributed by atoms with Crippen molar-refractivity contribution in [1.29, 1.82) is 0 Å². The molecule has 1 aliphatic heterocycles. The Morgan fingerprint density at radius 1 is 1.36 bits per heavy atom. The molecule has 0 radical (unpaired) electrons. The molecule has 3 heterocycles. The van der Waals surface area contributed by atoms with Crippen molar-refractivity contribution in [3.8, 4) is 5.69 Å². The number of nitrogens with zero attached hydrogens (tertiary/aromatic N) is 5. The summed E-state index contributed by atoms with van der Waals surface area (Å²) in [7, 11) is 1.73. The molecule has 9 heteroatoms. The highest BCUT2D eigenvalue weighted by Crippen LogP contribution is 2.26. The molecule has 0 saturated carbocycles. The standard InChI is InChI=1S/C19H22N6O3/c1-24(12-14-10-21-25(13-14)15-6-3-2-4-7-15)19(26)20-11-17-22-18(28-23-17)16-8-5-9-27-16/h2-4,6-7,10,13,16H,5,8-9,11-12H2,1H3,(H,20,26)/t16-/m0/s1. The third-order valence-corrected chi connectivity index (χ3v) is 4.51. The molecule has 2 amide bonds. The highest BCUT2D eigenvalue weighted by molar-refractivity contribution is 5.73. The first-order valence-electron chi connectivity index (χ1n) is 9.21. The van der Waals surface area contributed by atoms with E-state index in [-0.39, 0.29) is 18.7 Å². The van der Waals surface area contributed by atoms with Crippen LogP contribution < -0.4 is 5.32 Å². The Balaban J connectivity index is 1.28. The zero-order valence-corrected chi connectivity index (χ0v) is 15.6. The summed E-state index contributed by atoms with van der Waals surface area (Å²) in [6.07, 6.45) is 5.41. The van der Waals surface area contributed by atoms with Crippen molar-refractivity contribution in [3.05, 3.63) is 60.0 Å². The number of hydrogen-bond acceptors (Lipinski definition) is 6. The molecule has 4 rings (SSSR count). The molecule has 1 N–H and O–H groups in total. The molecular formula is C19H22N6O3. The van der Waals surface area contributed by atoms with Crippen LogP contribution in [0, 0.1) is 0 Å². The second-order valence-electron chi connectivity index (χ2n) is 6.69. The summed E-state index contributed by atoms with van der Waals surface area (Å²) in [4.78, 5) is 18.2. The van der Waals surface area contributed by atoms with Crippen molar-refractivity contribution < 1.29 is 14.1 Å². The van der Waals surface area contributed by atoms with Crippen molar-refractivity contribution in [1.82, 2.24) is 30.1 Å². The molecular weight excluding hydrogens is 360 g/mol. The van der Waals surface area contributed by atoms with E-state index < -0.39 is 0 Å². The van der Waals surface area contributed by atoms with Gasteiger partial charge < -0.3 is 19.5 Å². The minimum Gasteiger partial charge on any atom is -0.368 e. The highest BCUT2D eigenvalue weighted by Gasteiger charge is 2.24. The average molecular weight is 382 g/mol. The van der Waals surface area contributed by atoms with Crippen molar-refractivity contribution >= 4 is 6.03 Å². The van der Waals surface area contributed by atoms with E-state index in [1.807, 2.05) is 36.5 Å². The minimum atomic E-state index is -0.226. The lowest BCUT2D eigenvalue weighted by Crippen LogP contribution is -2.36. The number of urea groups is 1. The van der Waals surface area contributed by atoms with Crippen LogP contribution in [0.5, 0.6) is 0 Å². The van der Waals surface area contributed by atoms with E-state index in [9.17, 15) is 4.79 Å². The van der Waals surface area contributed by atoms with Crippen LogP contribution in [0.1, 0.15) is 36.2 Å². The lowest BCUT2D eigenvalue weighted by molar-refractivity contribution is 0.0835. The number of para-hydroxylation sites is 1. The predicted molar refractivity (Wildman–Crippen MR) is 99.5 cm³/mol. The summed E-state index contributed by atoms with van der Waals surface area (Å²) in [5.41, 5.74) is 1.90. The van der Waals surface area contributed by atoms with Crippen LogP contribution in [0.3, 0.4) is 0 Å². The number of carbonyl (C=O) groups is 1. The van der Waals surface area contributed by atoms with E-state index in [2.05, 4.69) is 20.6 Å².